The highest BCUT2D eigenvalue weighted by molar-refractivity contribution is 6.35. The van der Waals surface area contributed by atoms with Gasteiger partial charge in [-0.2, -0.15) is 0 Å². The number of phenols is 1. The number of hydrogen-bond donors (Lipinski definition) is 3. The average molecular weight is 321 g/mol. The molecule has 0 saturated heterocycles. The van der Waals surface area contributed by atoms with Gasteiger partial charge in [0.05, 0.1) is 16.2 Å². The predicted molar refractivity (Wildman–Crippen MR) is 84.4 cm³/mol. The van der Waals surface area contributed by atoms with Gasteiger partial charge in [-0.05, 0) is 30.3 Å². The zero-order valence-corrected chi connectivity index (χ0v) is 12.2. The van der Waals surface area contributed by atoms with Crippen LogP contribution in [0, 0.1) is 0 Å². The Bertz CT molecular complexity index is 843. The van der Waals surface area contributed by atoms with Crippen LogP contribution < -0.4 is 5.32 Å². The van der Waals surface area contributed by atoms with Crippen molar-refractivity contribution in [2.45, 2.75) is 0 Å². The summed E-state index contributed by atoms with van der Waals surface area (Å²) in [5, 5.41) is 14.1. The van der Waals surface area contributed by atoms with Gasteiger partial charge in [-0.1, -0.05) is 35.3 Å². The Morgan fingerprint density at radius 1 is 1.14 bits per heavy atom. The Hall–Kier alpha value is -2.17. The summed E-state index contributed by atoms with van der Waals surface area (Å²) in [4.78, 5) is 15.2. The molecule has 3 rings (SSSR count). The Kier molecular flexibility index (Phi) is 3.49. The lowest BCUT2D eigenvalue weighted by atomic mass is 10.2. The van der Waals surface area contributed by atoms with Gasteiger partial charge in [0.2, 0.25) is 0 Å². The number of anilines is 1. The lowest BCUT2D eigenvalue weighted by molar-refractivity contribution is 0.102. The molecule has 0 radical (unpaired) electrons. The second kappa shape index (κ2) is 5.31. The molecule has 0 aliphatic heterocycles. The fraction of sp³-hybridized carbons (Fsp3) is 0. The number of aromatic nitrogens is 1. The summed E-state index contributed by atoms with van der Waals surface area (Å²) in [5.74, 6) is -0.443. The largest absolute Gasteiger partial charge is 0.506 e. The number of para-hydroxylation sites is 1. The van der Waals surface area contributed by atoms with Crippen LogP contribution in [0.1, 0.15) is 10.5 Å². The fourth-order valence-electron chi connectivity index (χ4n) is 2.04. The predicted octanol–water partition coefficient (Wildman–Crippen LogP) is 4.43. The average Bonchev–Trinajstić information content (AvgIpc) is 2.88. The number of phenolic OH excluding ortho intramolecular Hbond substituents is 1. The van der Waals surface area contributed by atoms with E-state index < -0.39 is 0 Å². The first-order valence-electron chi connectivity index (χ1n) is 6.12. The summed E-state index contributed by atoms with van der Waals surface area (Å²) in [7, 11) is 0. The molecule has 106 valence electrons. The maximum absolute atomic E-state index is 12.2. The molecule has 1 amide bonds. The third-order valence-corrected chi connectivity index (χ3v) is 3.61. The van der Waals surface area contributed by atoms with Crippen molar-refractivity contribution in [3.8, 4) is 5.75 Å². The first kappa shape index (κ1) is 13.8. The first-order chi connectivity index (χ1) is 10.0. The van der Waals surface area contributed by atoms with Crippen LogP contribution in [-0.4, -0.2) is 16.0 Å². The Labute approximate surface area is 130 Å². The van der Waals surface area contributed by atoms with Crippen LogP contribution in [-0.2, 0) is 0 Å². The number of rotatable bonds is 2. The van der Waals surface area contributed by atoms with E-state index in [0.717, 1.165) is 5.39 Å². The summed E-state index contributed by atoms with van der Waals surface area (Å²) >= 11 is 11.9. The van der Waals surface area contributed by atoms with E-state index in [9.17, 15) is 9.90 Å². The van der Waals surface area contributed by atoms with Crippen LogP contribution >= 0.6 is 23.2 Å². The van der Waals surface area contributed by atoms with E-state index in [4.69, 9.17) is 23.2 Å². The smallest absolute Gasteiger partial charge is 0.272 e. The molecular formula is C15H10Cl2N2O2. The van der Waals surface area contributed by atoms with E-state index in [-0.39, 0.29) is 17.3 Å². The topological polar surface area (TPSA) is 65.1 Å². The van der Waals surface area contributed by atoms with Crippen LogP contribution in [0.25, 0.3) is 10.9 Å². The SMILES string of the molecule is O=C(Nc1cc(Cl)ccc1O)c1cc2cccc(Cl)c2[nH]1. The molecular weight excluding hydrogens is 311 g/mol. The van der Waals surface area contributed by atoms with Crippen LogP contribution in [0.5, 0.6) is 5.75 Å². The first-order valence-corrected chi connectivity index (χ1v) is 6.87. The Morgan fingerprint density at radius 2 is 1.95 bits per heavy atom. The van der Waals surface area contributed by atoms with Crippen molar-refractivity contribution in [2.24, 2.45) is 0 Å². The maximum Gasteiger partial charge on any atom is 0.272 e. The third kappa shape index (κ3) is 2.68. The van der Waals surface area contributed by atoms with Gasteiger partial charge in [0.25, 0.3) is 5.91 Å². The van der Waals surface area contributed by atoms with E-state index >= 15 is 0 Å². The molecule has 0 bridgehead atoms. The van der Waals surface area contributed by atoms with Crippen molar-refractivity contribution in [1.29, 1.82) is 0 Å². The summed E-state index contributed by atoms with van der Waals surface area (Å²) < 4.78 is 0. The summed E-state index contributed by atoms with van der Waals surface area (Å²) in [5.41, 5.74) is 1.29. The molecule has 1 aromatic heterocycles. The highest BCUT2D eigenvalue weighted by Crippen LogP contribution is 2.28. The zero-order chi connectivity index (χ0) is 15.0. The number of aromatic hydroxyl groups is 1. The van der Waals surface area contributed by atoms with Gasteiger partial charge >= 0.3 is 0 Å². The zero-order valence-electron chi connectivity index (χ0n) is 10.7. The highest BCUT2D eigenvalue weighted by atomic mass is 35.5. The van der Waals surface area contributed by atoms with Crippen molar-refractivity contribution in [2.75, 3.05) is 5.32 Å². The molecule has 0 saturated carbocycles. The summed E-state index contributed by atoms with van der Waals surface area (Å²) in [6, 6.07) is 11.5. The number of H-pyrrole nitrogens is 1. The van der Waals surface area contributed by atoms with Crippen LogP contribution in [0.15, 0.2) is 42.5 Å². The molecule has 0 fully saturated rings. The van der Waals surface area contributed by atoms with Crippen molar-refractivity contribution in [3.63, 3.8) is 0 Å². The normalized spacial score (nSPS) is 10.8. The Morgan fingerprint density at radius 3 is 2.71 bits per heavy atom. The minimum Gasteiger partial charge on any atom is -0.506 e. The monoisotopic (exact) mass is 320 g/mol. The maximum atomic E-state index is 12.2. The summed E-state index contributed by atoms with van der Waals surface area (Å²) in [6.07, 6.45) is 0. The van der Waals surface area contributed by atoms with Crippen molar-refractivity contribution < 1.29 is 9.90 Å². The van der Waals surface area contributed by atoms with E-state index in [1.165, 1.54) is 18.2 Å². The molecule has 1 heterocycles. The molecule has 0 unspecified atom stereocenters. The molecule has 0 aliphatic carbocycles. The van der Waals surface area contributed by atoms with E-state index in [1.54, 1.807) is 12.1 Å². The van der Waals surface area contributed by atoms with Crippen LogP contribution in [0.4, 0.5) is 5.69 Å². The van der Waals surface area contributed by atoms with Crippen molar-refractivity contribution in [1.82, 2.24) is 4.98 Å². The number of benzene rings is 2. The number of fused-ring (bicyclic) bond motifs is 1. The number of hydrogen-bond acceptors (Lipinski definition) is 2. The number of amides is 1. The lowest BCUT2D eigenvalue weighted by Gasteiger charge is -2.06. The molecule has 0 atom stereocenters. The van der Waals surface area contributed by atoms with Gasteiger partial charge in [-0.3, -0.25) is 4.79 Å². The molecule has 6 heteroatoms. The van der Waals surface area contributed by atoms with Crippen LogP contribution in [0.2, 0.25) is 10.0 Å². The molecule has 4 nitrogen and oxygen atoms in total. The number of carbonyl (C=O) groups is 1. The Balaban J connectivity index is 1.93. The molecule has 21 heavy (non-hydrogen) atoms. The van der Waals surface area contributed by atoms with Crippen molar-refractivity contribution >= 4 is 45.7 Å². The fourth-order valence-corrected chi connectivity index (χ4v) is 2.44. The quantitative estimate of drug-likeness (QED) is 0.611. The second-order valence-corrected chi connectivity index (χ2v) is 5.35. The van der Waals surface area contributed by atoms with E-state index in [0.29, 0.717) is 21.3 Å². The molecule has 0 spiro atoms. The number of nitrogens with one attached hydrogen (secondary N) is 2. The van der Waals surface area contributed by atoms with E-state index in [1.807, 2.05) is 12.1 Å². The van der Waals surface area contributed by atoms with Gasteiger partial charge in [-0.25, -0.2) is 0 Å². The standard InChI is InChI=1S/C15H10Cl2N2O2/c16-9-4-5-13(20)11(7-9)19-15(21)12-6-8-2-1-3-10(17)14(8)18-12/h1-7,18,20H,(H,19,21). The number of halogens is 2. The molecule has 2 aromatic carbocycles. The molecule has 3 N–H and O–H groups in total. The van der Waals surface area contributed by atoms with Gasteiger partial charge in [0, 0.05) is 10.4 Å². The highest BCUT2D eigenvalue weighted by Gasteiger charge is 2.13. The van der Waals surface area contributed by atoms with Gasteiger partial charge < -0.3 is 15.4 Å². The minimum atomic E-state index is -0.389. The van der Waals surface area contributed by atoms with Gasteiger partial charge in [0.15, 0.2) is 0 Å². The van der Waals surface area contributed by atoms with Crippen LogP contribution in [0.3, 0.4) is 0 Å². The number of aromatic amines is 1. The number of carbonyl (C=O) groups excluding carboxylic acids is 1. The molecule has 3 aromatic rings. The minimum absolute atomic E-state index is 0.0538. The molecule has 0 aliphatic rings. The van der Waals surface area contributed by atoms with Crippen molar-refractivity contribution in [3.05, 3.63) is 58.2 Å². The lowest BCUT2D eigenvalue weighted by Crippen LogP contribution is -2.12. The van der Waals surface area contributed by atoms with Gasteiger partial charge in [-0.15, -0.1) is 0 Å². The summed E-state index contributed by atoms with van der Waals surface area (Å²) in [6.45, 7) is 0. The third-order valence-electron chi connectivity index (χ3n) is 3.06. The van der Waals surface area contributed by atoms with E-state index in [2.05, 4.69) is 10.3 Å². The second-order valence-electron chi connectivity index (χ2n) is 4.50. The van der Waals surface area contributed by atoms with Gasteiger partial charge in [0.1, 0.15) is 11.4 Å².